The van der Waals surface area contributed by atoms with E-state index < -0.39 is 0 Å². The van der Waals surface area contributed by atoms with E-state index in [4.69, 9.17) is 0 Å². The fraction of sp³-hybridized carbons (Fsp3) is 1.00. The van der Waals surface area contributed by atoms with Crippen LogP contribution in [0.25, 0.3) is 0 Å². The van der Waals surface area contributed by atoms with Crippen molar-refractivity contribution in [3.05, 3.63) is 0 Å². The molecule has 0 aromatic rings. The maximum absolute atomic E-state index is 2.38. The number of nitrogens with zero attached hydrogens (tertiary/aromatic N) is 4. The minimum Gasteiger partial charge on any atom is -0.520 e. The molecule has 0 N–H and O–H groups in total. The second-order valence-corrected chi connectivity index (χ2v) is 4.57. The van der Waals surface area contributed by atoms with E-state index in [-0.39, 0.29) is 0 Å². The Kier molecular flexibility index (Phi) is 3.69. The highest BCUT2D eigenvalue weighted by molar-refractivity contribution is 6.84. The molecule has 1 aliphatic rings. The maximum atomic E-state index is 2.38. The van der Waals surface area contributed by atoms with Gasteiger partial charge in [0.25, 0.3) is 6.98 Å². The van der Waals surface area contributed by atoms with Crippen LogP contribution >= 0.6 is 0 Å². The fourth-order valence-electron chi connectivity index (χ4n) is 2.29. The van der Waals surface area contributed by atoms with E-state index in [0.717, 1.165) is 0 Å². The molecule has 0 amide bonds. The van der Waals surface area contributed by atoms with Gasteiger partial charge in [0.1, 0.15) is 0 Å². The lowest BCUT2D eigenvalue weighted by molar-refractivity contribution is 0.452. The Hall–Kier alpha value is 0.0348. The molecule has 0 bridgehead atoms. The largest absolute Gasteiger partial charge is 0.520 e. The monoisotopic (exact) mass is 194 g/mol. The summed E-state index contributed by atoms with van der Waals surface area (Å²) in [6.45, 7) is 5.46. The van der Waals surface area contributed by atoms with Crippen molar-refractivity contribution in [2.75, 3.05) is 35.2 Å². The van der Waals surface area contributed by atoms with Crippen molar-refractivity contribution < 1.29 is 0 Å². The van der Waals surface area contributed by atoms with E-state index in [9.17, 15) is 0 Å². The standard InChI is InChI=1S/C7H21B3N4/c1-8-12(5)9(2)14(7)10(11(3)4)13(8)6/h1-7H3/q-1. The lowest BCUT2D eigenvalue weighted by Gasteiger charge is -2.60. The zero-order chi connectivity index (χ0) is 11.0. The first-order valence-electron chi connectivity index (χ1n) is 5.20. The van der Waals surface area contributed by atoms with Crippen molar-refractivity contribution in [1.29, 1.82) is 0 Å². The van der Waals surface area contributed by atoms with Crippen molar-refractivity contribution in [1.82, 2.24) is 19.0 Å². The molecule has 1 heterocycles. The van der Waals surface area contributed by atoms with Gasteiger partial charge in [-0.1, -0.05) is 20.9 Å². The normalized spacial score (nSPS) is 24.0. The predicted octanol–water partition coefficient (Wildman–Crippen LogP) is -0.422. The van der Waals surface area contributed by atoms with E-state index in [1.807, 2.05) is 0 Å². The van der Waals surface area contributed by atoms with Crippen molar-refractivity contribution in [2.24, 2.45) is 0 Å². The minimum absolute atomic E-state index is 0.385. The van der Waals surface area contributed by atoms with Gasteiger partial charge < -0.3 is 19.0 Å². The van der Waals surface area contributed by atoms with Gasteiger partial charge >= 0.3 is 7.12 Å². The zero-order valence-corrected chi connectivity index (χ0v) is 10.5. The van der Waals surface area contributed by atoms with E-state index in [0.29, 0.717) is 21.1 Å². The molecule has 0 spiro atoms. The molecule has 1 radical (unpaired) electrons. The number of rotatable bonds is 1. The summed E-state index contributed by atoms with van der Waals surface area (Å²) in [7, 11) is 11.2. The molecule has 0 saturated carbocycles. The molecule has 7 heteroatoms. The van der Waals surface area contributed by atoms with Crippen LogP contribution in [0.5, 0.6) is 0 Å². The van der Waals surface area contributed by atoms with Gasteiger partial charge in [0.15, 0.2) is 0 Å². The predicted molar refractivity (Wildman–Crippen MR) is 66.0 cm³/mol. The summed E-state index contributed by atoms with van der Waals surface area (Å²) < 4.78 is 7.12. The number of hydrogen-bond acceptors (Lipinski definition) is 4. The summed E-state index contributed by atoms with van der Waals surface area (Å²) in [5.74, 6) is 0. The quantitative estimate of drug-likeness (QED) is 0.525. The summed E-state index contributed by atoms with van der Waals surface area (Å²) in [5, 5.41) is 0. The average molecular weight is 194 g/mol. The van der Waals surface area contributed by atoms with Gasteiger partial charge in [-0.05, 0) is 28.1 Å². The van der Waals surface area contributed by atoms with Gasteiger partial charge in [-0.25, -0.2) is 0 Å². The summed E-state index contributed by atoms with van der Waals surface area (Å²) in [4.78, 5) is 2.25. The molecule has 1 fully saturated rings. The summed E-state index contributed by atoms with van der Waals surface area (Å²) in [6.07, 6.45) is 0. The van der Waals surface area contributed by atoms with Crippen LogP contribution in [0.1, 0.15) is 0 Å². The summed E-state index contributed by atoms with van der Waals surface area (Å²) >= 11 is 0. The van der Waals surface area contributed by atoms with Gasteiger partial charge in [0, 0.05) is 0 Å². The Morgan fingerprint density at radius 2 is 1.57 bits per heavy atom. The molecule has 0 unspecified atom stereocenters. The Labute approximate surface area is 89.6 Å². The molecule has 0 aliphatic carbocycles. The molecule has 1 saturated heterocycles. The Balaban J connectivity index is 2.86. The van der Waals surface area contributed by atoms with E-state index in [1.165, 1.54) is 0 Å². The Bertz CT molecular complexity index is 187. The third kappa shape index (κ3) is 1.86. The molecule has 0 aromatic heterocycles. The van der Waals surface area contributed by atoms with Crippen LogP contribution in [0.3, 0.4) is 0 Å². The molecule has 0 aromatic carbocycles. The van der Waals surface area contributed by atoms with Crippen LogP contribution < -0.4 is 0 Å². The molecule has 4 nitrogen and oxygen atoms in total. The maximum Gasteiger partial charge on any atom is 0.350 e. The smallest absolute Gasteiger partial charge is 0.350 e. The second-order valence-electron chi connectivity index (χ2n) is 4.57. The molecular formula is C7H21B3N4-. The van der Waals surface area contributed by atoms with Crippen LogP contribution in [0.2, 0.25) is 13.6 Å². The minimum atomic E-state index is 0.385. The first-order valence-corrected chi connectivity index (χ1v) is 5.20. The zero-order valence-electron chi connectivity index (χ0n) is 10.5. The van der Waals surface area contributed by atoms with Crippen LogP contribution in [-0.2, 0) is 0 Å². The van der Waals surface area contributed by atoms with Gasteiger partial charge in [0.05, 0.1) is 0 Å². The molecule has 1 rings (SSSR count). The van der Waals surface area contributed by atoms with Crippen LogP contribution in [0, 0.1) is 0 Å². The molecule has 1 aliphatic heterocycles. The van der Waals surface area contributed by atoms with Crippen molar-refractivity contribution in [2.45, 2.75) is 13.6 Å². The fourth-order valence-corrected chi connectivity index (χ4v) is 2.29. The average Bonchev–Trinajstić information content (AvgIpc) is 2.11. The SMILES string of the molecule is CB1N(C)B(N(C)C)N(C)[B-](C)N1C. The van der Waals surface area contributed by atoms with E-state index in [2.05, 4.69) is 67.9 Å². The van der Waals surface area contributed by atoms with Gasteiger partial charge in [-0.15, -0.1) is 0 Å². The van der Waals surface area contributed by atoms with Crippen LogP contribution in [-0.4, -0.2) is 75.3 Å². The highest BCUT2D eigenvalue weighted by Crippen LogP contribution is 2.15. The van der Waals surface area contributed by atoms with E-state index in [1.54, 1.807) is 0 Å². The topological polar surface area (TPSA) is 13.0 Å². The number of hydrogen-bond donors (Lipinski definition) is 0. The third-order valence-electron chi connectivity index (χ3n) is 3.55. The van der Waals surface area contributed by atoms with E-state index >= 15 is 0 Å². The summed E-state index contributed by atoms with van der Waals surface area (Å²) in [5.41, 5.74) is 0. The van der Waals surface area contributed by atoms with Gasteiger partial charge in [-0.3, -0.25) is 0 Å². The molecular weight excluding hydrogens is 173 g/mol. The lowest BCUT2D eigenvalue weighted by Crippen LogP contribution is -2.76. The first-order chi connectivity index (χ1) is 6.37. The molecule has 79 valence electrons. The van der Waals surface area contributed by atoms with Crippen molar-refractivity contribution in [3.8, 4) is 0 Å². The van der Waals surface area contributed by atoms with Crippen LogP contribution in [0.4, 0.5) is 0 Å². The molecule has 14 heavy (non-hydrogen) atoms. The van der Waals surface area contributed by atoms with Crippen molar-refractivity contribution in [3.63, 3.8) is 0 Å². The highest BCUT2D eigenvalue weighted by atomic mass is 15.4. The third-order valence-corrected chi connectivity index (χ3v) is 3.55. The summed E-state index contributed by atoms with van der Waals surface area (Å²) in [6, 6.07) is 0. The lowest BCUT2D eigenvalue weighted by atomic mass is 9.49. The second kappa shape index (κ2) is 4.27. The Morgan fingerprint density at radius 1 is 1.07 bits per heavy atom. The Morgan fingerprint density at radius 3 is 2.00 bits per heavy atom. The van der Waals surface area contributed by atoms with Gasteiger partial charge in [0.2, 0.25) is 0 Å². The van der Waals surface area contributed by atoms with Crippen LogP contribution in [0.15, 0.2) is 0 Å². The van der Waals surface area contributed by atoms with Gasteiger partial charge in [-0.2, -0.15) is 6.82 Å². The first kappa shape index (κ1) is 12.1. The molecule has 0 atom stereocenters. The van der Waals surface area contributed by atoms with Crippen molar-refractivity contribution >= 4 is 21.1 Å². The highest BCUT2D eigenvalue weighted by Gasteiger charge is 2.37.